The molecule has 0 fully saturated rings. The molecule has 0 heterocycles. The molecule has 1 unspecified atom stereocenters. The van der Waals surface area contributed by atoms with E-state index in [4.69, 9.17) is 5.41 Å². The molecule has 0 saturated heterocycles. The summed E-state index contributed by atoms with van der Waals surface area (Å²) in [5, 5.41) is 12.3. The maximum absolute atomic E-state index is 8.63. The molecule has 1 aromatic carbocycles. The van der Waals surface area contributed by atoms with Crippen molar-refractivity contribution >= 4 is 17.6 Å². The van der Waals surface area contributed by atoms with Gasteiger partial charge >= 0.3 is 0 Å². The molecule has 3 heteroatoms. The van der Waals surface area contributed by atoms with E-state index < -0.39 is 0 Å². The Morgan fingerprint density at radius 1 is 1.34 bits per heavy atom. The topological polar surface area (TPSA) is 48.2 Å². The van der Waals surface area contributed by atoms with Gasteiger partial charge in [-0.25, -0.2) is 0 Å². The standard InChI is InChI=1S/C26H37N3/c1-4-12-25(29-23-15-8-5-9-16-23)20-26(27)22-14-11-17-24(19-22)28-18-10-6-7-13-21(2)3/h5,8,11,14-15,17-19,25,27,29H,2,4,6-7,9-10,12-13,16,20H2,1,3H3. The van der Waals surface area contributed by atoms with Gasteiger partial charge in [-0.2, -0.15) is 0 Å². The predicted octanol–water partition coefficient (Wildman–Crippen LogP) is 7.28. The number of benzene rings is 1. The van der Waals surface area contributed by atoms with Gasteiger partial charge in [0.2, 0.25) is 0 Å². The first kappa shape index (κ1) is 22.9. The maximum atomic E-state index is 8.63. The van der Waals surface area contributed by atoms with E-state index in [-0.39, 0.29) is 0 Å². The van der Waals surface area contributed by atoms with Crippen LogP contribution < -0.4 is 5.32 Å². The molecule has 0 radical (unpaired) electrons. The lowest BCUT2D eigenvalue weighted by molar-refractivity contribution is 0.522. The lowest BCUT2D eigenvalue weighted by atomic mass is 9.98. The van der Waals surface area contributed by atoms with E-state index in [0.717, 1.165) is 62.6 Å². The van der Waals surface area contributed by atoms with Gasteiger partial charge in [0, 0.05) is 30.1 Å². The quantitative estimate of drug-likeness (QED) is 0.207. The van der Waals surface area contributed by atoms with E-state index in [0.29, 0.717) is 11.8 Å². The molecular formula is C26H37N3. The SMILES string of the molecule is C=C(C)CCCCC=Nc1cccc(C(=N)CC(CCC)NC2=CC=CCC2)c1. The van der Waals surface area contributed by atoms with Crippen LogP contribution in [0.4, 0.5) is 5.69 Å². The fraction of sp³-hybridized carbons (Fsp3) is 0.462. The number of aliphatic imine (C=N–C) groups is 1. The molecular weight excluding hydrogens is 354 g/mol. The van der Waals surface area contributed by atoms with Gasteiger partial charge in [0.25, 0.3) is 0 Å². The number of hydrogen-bond acceptors (Lipinski definition) is 3. The van der Waals surface area contributed by atoms with Crippen LogP contribution in [0.5, 0.6) is 0 Å². The molecule has 0 amide bonds. The highest BCUT2D eigenvalue weighted by molar-refractivity contribution is 5.99. The van der Waals surface area contributed by atoms with Crippen LogP contribution in [-0.4, -0.2) is 18.0 Å². The number of nitrogens with one attached hydrogen (secondary N) is 2. The Labute approximate surface area is 177 Å². The minimum atomic E-state index is 0.311. The van der Waals surface area contributed by atoms with Crippen molar-refractivity contribution in [2.45, 2.75) is 77.7 Å². The highest BCUT2D eigenvalue weighted by Gasteiger charge is 2.14. The van der Waals surface area contributed by atoms with Gasteiger partial charge in [0.15, 0.2) is 0 Å². The first-order valence-electron chi connectivity index (χ1n) is 11.1. The number of unbranched alkanes of at least 4 members (excludes halogenated alkanes) is 2. The summed E-state index contributed by atoms with van der Waals surface area (Å²) in [5.74, 6) is 0. The van der Waals surface area contributed by atoms with Crippen LogP contribution in [0.3, 0.4) is 0 Å². The first-order chi connectivity index (χ1) is 14.1. The second kappa shape index (κ2) is 12.9. The third kappa shape index (κ3) is 9.08. The van der Waals surface area contributed by atoms with Crippen molar-refractivity contribution in [3.8, 4) is 0 Å². The molecule has 1 aromatic rings. The van der Waals surface area contributed by atoms with Crippen LogP contribution in [0.25, 0.3) is 0 Å². The molecule has 0 saturated carbocycles. The Morgan fingerprint density at radius 2 is 2.21 bits per heavy atom. The summed E-state index contributed by atoms with van der Waals surface area (Å²) < 4.78 is 0. The van der Waals surface area contributed by atoms with Gasteiger partial charge in [-0.15, -0.1) is 6.58 Å². The molecule has 1 aliphatic rings. The van der Waals surface area contributed by atoms with Crippen LogP contribution in [0.15, 0.2) is 65.3 Å². The van der Waals surface area contributed by atoms with E-state index in [2.05, 4.69) is 49.0 Å². The lowest BCUT2D eigenvalue weighted by Crippen LogP contribution is -2.31. The van der Waals surface area contributed by atoms with Gasteiger partial charge < -0.3 is 10.7 Å². The second-order valence-electron chi connectivity index (χ2n) is 8.04. The number of rotatable bonds is 13. The van der Waals surface area contributed by atoms with E-state index in [1.165, 1.54) is 17.7 Å². The Hall–Kier alpha value is -2.42. The smallest absolute Gasteiger partial charge is 0.0632 e. The first-order valence-corrected chi connectivity index (χ1v) is 11.1. The Balaban J connectivity index is 1.90. The van der Waals surface area contributed by atoms with E-state index in [9.17, 15) is 0 Å². The van der Waals surface area contributed by atoms with Gasteiger partial charge in [0.1, 0.15) is 0 Å². The molecule has 0 aliphatic heterocycles. The monoisotopic (exact) mass is 391 g/mol. The van der Waals surface area contributed by atoms with Crippen LogP contribution in [-0.2, 0) is 0 Å². The average Bonchev–Trinajstić information content (AvgIpc) is 2.71. The summed E-state index contributed by atoms with van der Waals surface area (Å²) in [6.07, 6.45) is 18.0. The van der Waals surface area contributed by atoms with Crippen LogP contribution in [0.2, 0.25) is 0 Å². The molecule has 1 atom stereocenters. The number of hydrogen-bond donors (Lipinski definition) is 2. The minimum absolute atomic E-state index is 0.311. The lowest BCUT2D eigenvalue weighted by Gasteiger charge is -2.23. The summed E-state index contributed by atoms with van der Waals surface area (Å²) in [6, 6.07) is 8.40. The van der Waals surface area contributed by atoms with E-state index in [1.54, 1.807) is 0 Å². The van der Waals surface area contributed by atoms with E-state index >= 15 is 0 Å². The molecule has 0 bridgehead atoms. The highest BCUT2D eigenvalue weighted by atomic mass is 14.9. The largest absolute Gasteiger partial charge is 0.385 e. The molecule has 29 heavy (non-hydrogen) atoms. The number of allylic oxidation sites excluding steroid dienone is 5. The zero-order valence-electron chi connectivity index (χ0n) is 18.2. The summed E-state index contributed by atoms with van der Waals surface area (Å²) in [5.41, 5.74) is 5.14. The fourth-order valence-electron chi connectivity index (χ4n) is 3.53. The van der Waals surface area contributed by atoms with Crippen LogP contribution in [0, 0.1) is 5.41 Å². The molecule has 0 aromatic heterocycles. The van der Waals surface area contributed by atoms with Crippen LogP contribution >= 0.6 is 0 Å². The Morgan fingerprint density at radius 3 is 2.93 bits per heavy atom. The molecule has 1 aliphatic carbocycles. The minimum Gasteiger partial charge on any atom is -0.385 e. The van der Waals surface area contributed by atoms with Gasteiger partial charge in [-0.3, -0.25) is 4.99 Å². The van der Waals surface area contributed by atoms with E-state index in [1.807, 2.05) is 30.5 Å². The summed E-state index contributed by atoms with van der Waals surface area (Å²) in [4.78, 5) is 4.60. The molecule has 156 valence electrons. The highest BCUT2D eigenvalue weighted by Crippen LogP contribution is 2.18. The predicted molar refractivity (Wildman–Crippen MR) is 128 cm³/mol. The van der Waals surface area contributed by atoms with Crippen molar-refractivity contribution in [2.75, 3.05) is 0 Å². The zero-order valence-corrected chi connectivity index (χ0v) is 18.2. The molecule has 2 N–H and O–H groups in total. The Kier molecular flexibility index (Phi) is 10.2. The molecule has 3 nitrogen and oxygen atoms in total. The van der Waals surface area contributed by atoms with Crippen molar-refractivity contribution in [1.29, 1.82) is 5.41 Å². The third-order valence-corrected chi connectivity index (χ3v) is 5.11. The van der Waals surface area contributed by atoms with Gasteiger partial charge in [-0.05, 0) is 75.6 Å². The van der Waals surface area contributed by atoms with Crippen molar-refractivity contribution in [1.82, 2.24) is 5.32 Å². The van der Waals surface area contributed by atoms with Crippen molar-refractivity contribution in [2.24, 2.45) is 4.99 Å². The van der Waals surface area contributed by atoms with Crippen molar-refractivity contribution in [3.05, 3.63) is 65.9 Å². The van der Waals surface area contributed by atoms with Gasteiger partial charge in [-0.1, -0.05) is 43.2 Å². The van der Waals surface area contributed by atoms with Crippen molar-refractivity contribution < 1.29 is 0 Å². The zero-order chi connectivity index (χ0) is 20.9. The Bertz CT molecular complexity index is 755. The third-order valence-electron chi connectivity index (χ3n) is 5.11. The summed E-state index contributed by atoms with van der Waals surface area (Å²) in [7, 11) is 0. The van der Waals surface area contributed by atoms with Crippen LogP contribution in [0.1, 0.15) is 77.2 Å². The molecule has 2 rings (SSSR count). The molecule has 0 spiro atoms. The summed E-state index contributed by atoms with van der Waals surface area (Å²) >= 11 is 0. The summed E-state index contributed by atoms with van der Waals surface area (Å²) in [6.45, 7) is 8.24. The van der Waals surface area contributed by atoms with Gasteiger partial charge in [0.05, 0.1) is 5.69 Å². The number of nitrogens with zero attached hydrogens (tertiary/aromatic N) is 1. The maximum Gasteiger partial charge on any atom is 0.0632 e. The van der Waals surface area contributed by atoms with Crippen molar-refractivity contribution in [3.63, 3.8) is 0 Å². The second-order valence-corrected chi connectivity index (χ2v) is 8.04. The normalized spacial score (nSPS) is 14.6. The average molecular weight is 392 g/mol. The fourth-order valence-corrected chi connectivity index (χ4v) is 3.53.